The van der Waals surface area contributed by atoms with Crippen molar-refractivity contribution in [3.63, 3.8) is 0 Å². The van der Waals surface area contributed by atoms with Crippen molar-refractivity contribution in [2.75, 3.05) is 31.1 Å². The molecule has 0 bridgehead atoms. The molecule has 118 valence electrons. The highest BCUT2D eigenvalue weighted by Gasteiger charge is 2.14. The first-order valence-electron chi connectivity index (χ1n) is 7.48. The van der Waals surface area contributed by atoms with E-state index in [1.54, 1.807) is 6.07 Å². The zero-order valence-electron chi connectivity index (χ0n) is 12.7. The van der Waals surface area contributed by atoms with E-state index in [0.717, 1.165) is 31.7 Å². The summed E-state index contributed by atoms with van der Waals surface area (Å²) in [4.78, 5) is 19.1. The predicted molar refractivity (Wildman–Crippen MR) is 83.7 cm³/mol. The number of oxazole rings is 1. The van der Waals surface area contributed by atoms with Crippen LogP contribution in [0, 0.1) is 6.92 Å². The van der Waals surface area contributed by atoms with Gasteiger partial charge in [0.15, 0.2) is 11.5 Å². The molecule has 1 N–H and O–H groups in total. The Balaban J connectivity index is 1.57. The third kappa shape index (κ3) is 2.93. The molecule has 2 aromatic heterocycles. The average molecular weight is 312 g/mol. The van der Waals surface area contributed by atoms with Crippen molar-refractivity contribution in [1.29, 1.82) is 0 Å². The SMILES string of the molecule is Cc1nc2ccc(Oc3ncnc(N4CCNCC4)n3)cc2o1. The minimum Gasteiger partial charge on any atom is -0.441 e. The maximum atomic E-state index is 5.73. The van der Waals surface area contributed by atoms with E-state index in [1.165, 1.54) is 6.33 Å². The van der Waals surface area contributed by atoms with Crippen molar-refractivity contribution in [1.82, 2.24) is 25.3 Å². The Labute approximate surface area is 132 Å². The molecule has 1 aliphatic heterocycles. The lowest BCUT2D eigenvalue weighted by Crippen LogP contribution is -2.44. The molecule has 3 heterocycles. The predicted octanol–water partition coefficient (Wildman–Crippen LogP) is 1.52. The smallest absolute Gasteiger partial charge is 0.326 e. The summed E-state index contributed by atoms with van der Waals surface area (Å²) < 4.78 is 11.2. The van der Waals surface area contributed by atoms with Gasteiger partial charge in [0.25, 0.3) is 0 Å². The number of anilines is 1. The number of rotatable bonds is 3. The summed E-state index contributed by atoms with van der Waals surface area (Å²) in [6.07, 6.45) is 1.47. The van der Waals surface area contributed by atoms with Crippen molar-refractivity contribution in [2.45, 2.75) is 6.92 Å². The number of hydrogen-bond donors (Lipinski definition) is 1. The Bertz CT molecular complexity index is 828. The first kappa shape index (κ1) is 13.9. The van der Waals surface area contributed by atoms with Crippen molar-refractivity contribution >= 4 is 17.0 Å². The molecule has 0 amide bonds. The van der Waals surface area contributed by atoms with Crippen LogP contribution in [-0.4, -0.2) is 46.1 Å². The molecule has 8 heteroatoms. The van der Waals surface area contributed by atoms with Crippen LogP contribution in [0.15, 0.2) is 28.9 Å². The van der Waals surface area contributed by atoms with Crippen LogP contribution in [0.1, 0.15) is 5.89 Å². The highest BCUT2D eigenvalue weighted by molar-refractivity contribution is 5.74. The first-order valence-corrected chi connectivity index (χ1v) is 7.48. The lowest BCUT2D eigenvalue weighted by Gasteiger charge is -2.27. The van der Waals surface area contributed by atoms with E-state index in [0.29, 0.717) is 23.2 Å². The van der Waals surface area contributed by atoms with Crippen LogP contribution in [0.4, 0.5) is 5.95 Å². The summed E-state index contributed by atoms with van der Waals surface area (Å²) in [6, 6.07) is 5.71. The lowest BCUT2D eigenvalue weighted by atomic mass is 10.3. The van der Waals surface area contributed by atoms with E-state index in [-0.39, 0.29) is 6.01 Å². The van der Waals surface area contributed by atoms with Gasteiger partial charge in [-0.1, -0.05) is 0 Å². The molecule has 0 atom stereocenters. The average Bonchev–Trinajstić information content (AvgIpc) is 2.95. The van der Waals surface area contributed by atoms with Crippen LogP contribution in [0.3, 0.4) is 0 Å². The second kappa shape index (κ2) is 5.81. The number of ether oxygens (including phenoxy) is 1. The fourth-order valence-electron chi connectivity index (χ4n) is 2.53. The number of benzene rings is 1. The standard InChI is InChI=1S/C15H16N6O2/c1-10-19-12-3-2-11(8-13(12)22-10)23-15-18-9-17-14(20-15)21-6-4-16-5-7-21/h2-3,8-9,16H,4-7H2,1H3. The van der Waals surface area contributed by atoms with E-state index in [9.17, 15) is 0 Å². The molecule has 1 fully saturated rings. The topological polar surface area (TPSA) is 89.2 Å². The zero-order chi connectivity index (χ0) is 15.6. The number of nitrogens with one attached hydrogen (secondary N) is 1. The maximum Gasteiger partial charge on any atom is 0.326 e. The van der Waals surface area contributed by atoms with Crippen LogP contribution in [-0.2, 0) is 0 Å². The fraction of sp³-hybridized carbons (Fsp3) is 0.333. The summed E-state index contributed by atoms with van der Waals surface area (Å²) in [7, 11) is 0. The zero-order valence-corrected chi connectivity index (χ0v) is 12.7. The number of aromatic nitrogens is 4. The van der Waals surface area contributed by atoms with E-state index >= 15 is 0 Å². The summed E-state index contributed by atoms with van der Waals surface area (Å²) in [5.74, 6) is 1.86. The molecule has 23 heavy (non-hydrogen) atoms. The van der Waals surface area contributed by atoms with Gasteiger partial charge in [0.2, 0.25) is 5.95 Å². The number of piperazine rings is 1. The summed E-state index contributed by atoms with van der Waals surface area (Å²) >= 11 is 0. The highest BCUT2D eigenvalue weighted by atomic mass is 16.5. The Morgan fingerprint density at radius 2 is 2.04 bits per heavy atom. The Morgan fingerprint density at radius 3 is 2.91 bits per heavy atom. The third-order valence-electron chi connectivity index (χ3n) is 3.61. The van der Waals surface area contributed by atoms with E-state index in [4.69, 9.17) is 9.15 Å². The van der Waals surface area contributed by atoms with Crippen LogP contribution in [0.25, 0.3) is 11.1 Å². The van der Waals surface area contributed by atoms with Crippen molar-refractivity contribution in [3.8, 4) is 11.8 Å². The summed E-state index contributed by atoms with van der Waals surface area (Å²) in [6.45, 7) is 5.39. The molecule has 8 nitrogen and oxygen atoms in total. The molecule has 0 saturated carbocycles. The summed E-state index contributed by atoms with van der Waals surface area (Å²) in [5, 5.41) is 3.30. The Morgan fingerprint density at radius 1 is 1.17 bits per heavy atom. The highest BCUT2D eigenvalue weighted by Crippen LogP contribution is 2.24. The van der Waals surface area contributed by atoms with Crippen molar-refractivity contribution < 1.29 is 9.15 Å². The number of hydrogen-bond acceptors (Lipinski definition) is 8. The van der Waals surface area contributed by atoms with Gasteiger partial charge in [-0.05, 0) is 12.1 Å². The number of nitrogens with zero attached hydrogens (tertiary/aromatic N) is 5. The van der Waals surface area contributed by atoms with Crippen LogP contribution < -0.4 is 15.0 Å². The molecular weight excluding hydrogens is 296 g/mol. The number of aryl methyl sites for hydroxylation is 1. The largest absolute Gasteiger partial charge is 0.441 e. The van der Waals surface area contributed by atoms with Crippen molar-refractivity contribution in [3.05, 3.63) is 30.4 Å². The second-order valence-corrected chi connectivity index (χ2v) is 5.27. The molecule has 1 saturated heterocycles. The second-order valence-electron chi connectivity index (χ2n) is 5.27. The van der Waals surface area contributed by atoms with Crippen LogP contribution in [0.2, 0.25) is 0 Å². The van der Waals surface area contributed by atoms with Crippen LogP contribution >= 0.6 is 0 Å². The van der Waals surface area contributed by atoms with Gasteiger partial charge in [-0.2, -0.15) is 9.97 Å². The van der Waals surface area contributed by atoms with E-state index in [2.05, 4.69) is 30.2 Å². The van der Waals surface area contributed by atoms with Gasteiger partial charge in [-0.25, -0.2) is 9.97 Å². The Hall–Kier alpha value is -2.74. The van der Waals surface area contributed by atoms with Gasteiger partial charge in [0, 0.05) is 39.2 Å². The monoisotopic (exact) mass is 312 g/mol. The number of fused-ring (bicyclic) bond motifs is 1. The third-order valence-corrected chi connectivity index (χ3v) is 3.61. The minimum atomic E-state index is 0.268. The van der Waals surface area contributed by atoms with Gasteiger partial charge >= 0.3 is 6.01 Å². The summed E-state index contributed by atoms with van der Waals surface area (Å²) in [5.41, 5.74) is 1.48. The normalized spacial score (nSPS) is 15.1. The molecule has 0 spiro atoms. The van der Waals surface area contributed by atoms with Gasteiger partial charge in [-0.3, -0.25) is 0 Å². The van der Waals surface area contributed by atoms with Gasteiger partial charge in [0.1, 0.15) is 17.6 Å². The fourth-order valence-corrected chi connectivity index (χ4v) is 2.53. The molecule has 3 aromatic rings. The van der Waals surface area contributed by atoms with Gasteiger partial charge < -0.3 is 19.4 Å². The van der Waals surface area contributed by atoms with Gasteiger partial charge in [0.05, 0.1) is 0 Å². The van der Waals surface area contributed by atoms with Crippen LogP contribution in [0.5, 0.6) is 11.8 Å². The van der Waals surface area contributed by atoms with Gasteiger partial charge in [-0.15, -0.1) is 0 Å². The Kier molecular flexibility index (Phi) is 3.51. The first-order chi connectivity index (χ1) is 11.3. The van der Waals surface area contributed by atoms with E-state index in [1.807, 2.05) is 19.1 Å². The molecule has 4 rings (SSSR count). The molecule has 0 radical (unpaired) electrons. The minimum absolute atomic E-state index is 0.268. The van der Waals surface area contributed by atoms with Crippen molar-refractivity contribution in [2.24, 2.45) is 0 Å². The van der Waals surface area contributed by atoms with E-state index < -0.39 is 0 Å². The molecule has 0 aliphatic carbocycles. The molecule has 1 aromatic carbocycles. The molecule has 0 unspecified atom stereocenters. The molecular formula is C15H16N6O2. The maximum absolute atomic E-state index is 5.73. The lowest BCUT2D eigenvalue weighted by molar-refractivity contribution is 0.437. The quantitative estimate of drug-likeness (QED) is 0.778. The molecule has 1 aliphatic rings.